The van der Waals surface area contributed by atoms with Crippen molar-refractivity contribution < 1.29 is 4.79 Å². The van der Waals surface area contributed by atoms with Crippen LogP contribution < -0.4 is 0 Å². The van der Waals surface area contributed by atoms with Crippen molar-refractivity contribution in [1.82, 2.24) is 4.90 Å². The lowest BCUT2D eigenvalue weighted by atomic mass is 10.3. The molecule has 0 spiro atoms. The molecule has 0 N–H and O–H groups in total. The molecule has 0 atom stereocenters. The molecule has 0 aromatic heterocycles. The molecule has 0 fully saturated rings. The number of nitrogens with zero attached hydrogens (tertiary/aromatic N) is 1. The molecule has 1 amide bonds. The predicted molar refractivity (Wildman–Crippen MR) is 31.4 cm³/mol. The highest BCUT2D eigenvalue weighted by atomic mass is 16.2. The van der Waals surface area contributed by atoms with Gasteiger partial charge in [0.15, 0.2) is 0 Å². The van der Waals surface area contributed by atoms with Crippen molar-refractivity contribution >= 4 is 5.91 Å². The molecule has 44 valence electrons. The molecule has 0 saturated carbocycles. The fourth-order valence-corrected chi connectivity index (χ4v) is 0.745. The number of hydrogen-bond acceptors (Lipinski definition) is 1. The molecule has 8 heavy (non-hydrogen) atoms. The second-order valence-electron chi connectivity index (χ2n) is 2.07. The van der Waals surface area contributed by atoms with Crippen molar-refractivity contribution in [3.63, 3.8) is 0 Å². The maximum absolute atomic E-state index is 10.8. The van der Waals surface area contributed by atoms with E-state index < -0.39 is 0 Å². The van der Waals surface area contributed by atoms with Gasteiger partial charge in [-0.2, -0.15) is 0 Å². The van der Waals surface area contributed by atoms with Crippen LogP contribution in [0.1, 0.15) is 6.92 Å². The third kappa shape index (κ3) is 0.619. The lowest BCUT2D eigenvalue weighted by Gasteiger charge is -2.05. The number of carbonyl (C=O) groups is 1. The van der Waals surface area contributed by atoms with Crippen LogP contribution >= 0.6 is 0 Å². The molecule has 0 aliphatic carbocycles. The van der Waals surface area contributed by atoms with Crippen LogP contribution in [0.5, 0.6) is 0 Å². The van der Waals surface area contributed by atoms with Gasteiger partial charge in [0.1, 0.15) is 0 Å². The molecule has 0 aromatic carbocycles. The van der Waals surface area contributed by atoms with Gasteiger partial charge < -0.3 is 4.90 Å². The van der Waals surface area contributed by atoms with E-state index in [1.807, 2.05) is 13.0 Å². The number of carbonyl (C=O) groups excluding carboxylic acids is 1. The summed E-state index contributed by atoms with van der Waals surface area (Å²) in [4.78, 5) is 12.5. The topological polar surface area (TPSA) is 20.3 Å². The van der Waals surface area contributed by atoms with E-state index in [1.165, 1.54) is 0 Å². The van der Waals surface area contributed by atoms with Crippen molar-refractivity contribution in [1.29, 1.82) is 0 Å². The van der Waals surface area contributed by atoms with E-state index in [1.54, 1.807) is 11.9 Å². The van der Waals surface area contributed by atoms with Crippen LogP contribution in [0, 0.1) is 0 Å². The largest absolute Gasteiger partial charge is 0.338 e. The first kappa shape index (κ1) is 5.35. The highest BCUT2D eigenvalue weighted by Crippen LogP contribution is 2.05. The summed E-state index contributed by atoms with van der Waals surface area (Å²) in [6.07, 6.45) is 1.93. The lowest BCUT2D eigenvalue weighted by Crippen LogP contribution is -2.20. The number of amides is 1. The van der Waals surface area contributed by atoms with E-state index in [-0.39, 0.29) is 5.91 Å². The molecule has 1 heterocycles. The summed E-state index contributed by atoms with van der Waals surface area (Å²) in [6.45, 7) is 2.62. The zero-order chi connectivity index (χ0) is 6.15. The van der Waals surface area contributed by atoms with E-state index in [9.17, 15) is 4.79 Å². The second-order valence-corrected chi connectivity index (χ2v) is 2.07. The highest BCUT2D eigenvalue weighted by Gasteiger charge is 2.14. The monoisotopic (exact) mass is 111 g/mol. The fourth-order valence-electron chi connectivity index (χ4n) is 0.745. The van der Waals surface area contributed by atoms with Crippen molar-refractivity contribution in [2.75, 3.05) is 13.6 Å². The van der Waals surface area contributed by atoms with Crippen LogP contribution in [0.3, 0.4) is 0 Å². The Morgan fingerprint density at radius 2 is 2.38 bits per heavy atom. The lowest BCUT2D eigenvalue weighted by molar-refractivity contribution is -0.124. The Morgan fingerprint density at radius 3 is 2.50 bits per heavy atom. The molecule has 0 aromatic rings. The first-order valence-electron chi connectivity index (χ1n) is 2.64. The minimum Gasteiger partial charge on any atom is -0.338 e. The summed E-state index contributed by atoms with van der Waals surface area (Å²) in [5.74, 6) is 0.157. The smallest absolute Gasteiger partial charge is 0.249 e. The second kappa shape index (κ2) is 1.62. The minimum absolute atomic E-state index is 0.157. The van der Waals surface area contributed by atoms with E-state index >= 15 is 0 Å². The van der Waals surface area contributed by atoms with Crippen LogP contribution in [-0.2, 0) is 4.79 Å². The van der Waals surface area contributed by atoms with Gasteiger partial charge in [0, 0.05) is 19.2 Å². The zero-order valence-electron chi connectivity index (χ0n) is 5.14. The normalized spacial score (nSPS) is 19.5. The van der Waals surface area contributed by atoms with Gasteiger partial charge in [-0.05, 0) is 6.92 Å². The maximum Gasteiger partial charge on any atom is 0.249 e. The van der Waals surface area contributed by atoms with Gasteiger partial charge in [-0.3, -0.25) is 4.79 Å². The van der Waals surface area contributed by atoms with Crippen LogP contribution in [0.4, 0.5) is 0 Å². The van der Waals surface area contributed by atoms with Crippen LogP contribution in [0.2, 0.25) is 0 Å². The number of rotatable bonds is 0. The van der Waals surface area contributed by atoms with Crippen LogP contribution in [-0.4, -0.2) is 24.4 Å². The van der Waals surface area contributed by atoms with E-state index in [0.29, 0.717) is 0 Å². The molecule has 0 radical (unpaired) electrons. The van der Waals surface area contributed by atoms with E-state index in [2.05, 4.69) is 0 Å². The first-order valence-corrected chi connectivity index (χ1v) is 2.64. The third-order valence-electron chi connectivity index (χ3n) is 1.36. The SMILES string of the molecule is CC1=CCN(C)C1=O. The minimum atomic E-state index is 0.157. The van der Waals surface area contributed by atoms with E-state index in [0.717, 1.165) is 12.1 Å². The Kier molecular flexibility index (Phi) is 1.08. The molecule has 0 saturated heterocycles. The van der Waals surface area contributed by atoms with Gasteiger partial charge >= 0.3 is 0 Å². The molecule has 1 aliphatic rings. The summed E-state index contributed by atoms with van der Waals surface area (Å²) >= 11 is 0. The van der Waals surface area contributed by atoms with Crippen molar-refractivity contribution in [3.8, 4) is 0 Å². The summed E-state index contributed by atoms with van der Waals surface area (Å²) < 4.78 is 0. The number of hydrogen-bond donors (Lipinski definition) is 0. The molecule has 1 rings (SSSR count). The summed E-state index contributed by atoms with van der Waals surface area (Å²) in [6, 6.07) is 0. The Bertz CT molecular complexity index is 149. The molecule has 0 unspecified atom stereocenters. The van der Waals surface area contributed by atoms with Gasteiger partial charge in [-0.25, -0.2) is 0 Å². The van der Waals surface area contributed by atoms with Crippen molar-refractivity contribution in [2.24, 2.45) is 0 Å². The maximum atomic E-state index is 10.8. The number of likely N-dealkylation sites (N-methyl/N-ethyl adjacent to an activating group) is 1. The summed E-state index contributed by atoms with van der Waals surface area (Å²) in [7, 11) is 1.80. The van der Waals surface area contributed by atoms with Crippen LogP contribution in [0.25, 0.3) is 0 Å². The summed E-state index contributed by atoms with van der Waals surface area (Å²) in [5.41, 5.74) is 0.868. The molecular weight excluding hydrogens is 102 g/mol. The van der Waals surface area contributed by atoms with Gasteiger partial charge in [-0.15, -0.1) is 0 Å². The van der Waals surface area contributed by atoms with Crippen molar-refractivity contribution in [3.05, 3.63) is 11.6 Å². The average Bonchev–Trinajstić information content (AvgIpc) is 1.98. The van der Waals surface area contributed by atoms with E-state index in [4.69, 9.17) is 0 Å². The Labute approximate surface area is 48.8 Å². The van der Waals surface area contributed by atoms with Gasteiger partial charge in [0.25, 0.3) is 0 Å². The Hall–Kier alpha value is -0.790. The zero-order valence-corrected chi connectivity index (χ0v) is 5.14. The fraction of sp³-hybridized carbons (Fsp3) is 0.500. The molecule has 2 heteroatoms. The highest BCUT2D eigenvalue weighted by molar-refractivity contribution is 5.94. The Morgan fingerprint density at radius 1 is 1.75 bits per heavy atom. The van der Waals surface area contributed by atoms with Gasteiger partial charge in [0.05, 0.1) is 0 Å². The molecule has 1 aliphatic heterocycles. The van der Waals surface area contributed by atoms with Crippen molar-refractivity contribution in [2.45, 2.75) is 6.92 Å². The quantitative estimate of drug-likeness (QED) is 0.443. The standard InChI is InChI=1S/C6H9NO/c1-5-3-4-7(2)6(5)8/h3H,4H2,1-2H3. The molecular formula is C6H9NO. The molecule has 2 nitrogen and oxygen atoms in total. The van der Waals surface area contributed by atoms with Gasteiger partial charge in [-0.1, -0.05) is 6.08 Å². The molecule has 0 bridgehead atoms. The van der Waals surface area contributed by atoms with Gasteiger partial charge in [0.2, 0.25) is 5.91 Å². The van der Waals surface area contributed by atoms with Crippen LogP contribution in [0.15, 0.2) is 11.6 Å². The predicted octanol–water partition coefficient (Wildman–Crippen LogP) is 0.405. The average molecular weight is 111 g/mol. The third-order valence-corrected chi connectivity index (χ3v) is 1.36. The Balaban J connectivity index is 2.73. The summed E-state index contributed by atoms with van der Waals surface area (Å²) in [5, 5.41) is 0. The first-order chi connectivity index (χ1) is 3.72.